The molecule has 0 amide bonds. The Morgan fingerprint density at radius 3 is 2.33 bits per heavy atom. The van der Waals surface area contributed by atoms with Crippen molar-refractivity contribution in [3.05, 3.63) is 35.6 Å². The zero-order chi connectivity index (χ0) is 13.8. The Morgan fingerprint density at radius 1 is 1.28 bits per heavy atom. The minimum Gasteiger partial charge on any atom is -0.317 e. The number of benzene rings is 1. The normalized spacial score (nSPS) is 13.9. The van der Waals surface area contributed by atoms with Crippen molar-refractivity contribution in [1.82, 2.24) is 10.2 Å². The first-order valence-electron chi connectivity index (χ1n) is 6.45. The first kappa shape index (κ1) is 15.1. The molecule has 1 rings (SSSR count). The Morgan fingerprint density at radius 2 is 1.83 bits per heavy atom. The maximum Gasteiger partial charge on any atom is 0.123 e. The molecule has 0 fully saturated rings. The van der Waals surface area contributed by atoms with Crippen molar-refractivity contribution in [2.45, 2.75) is 33.4 Å². The molecule has 0 bridgehead atoms. The molecule has 1 atom stereocenters. The average molecular weight is 252 g/mol. The van der Waals surface area contributed by atoms with Crippen molar-refractivity contribution in [3.63, 3.8) is 0 Å². The molecule has 1 unspecified atom stereocenters. The fraction of sp³-hybridized carbons (Fsp3) is 0.600. The Bertz CT molecular complexity index is 359. The van der Waals surface area contributed by atoms with Crippen molar-refractivity contribution in [1.29, 1.82) is 0 Å². The lowest BCUT2D eigenvalue weighted by molar-refractivity contribution is 0.164. The summed E-state index contributed by atoms with van der Waals surface area (Å²) in [5.74, 6) is -0.175. The maximum atomic E-state index is 12.8. The highest BCUT2D eigenvalue weighted by Crippen LogP contribution is 2.22. The van der Waals surface area contributed by atoms with Gasteiger partial charge in [-0.1, -0.05) is 26.0 Å². The zero-order valence-electron chi connectivity index (χ0n) is 12.1. The second-order valence-corrected chi connectivity index (χ2v) is 5.80. The minimum atomic E-state index is -0.175. The van der Waals surface area contributed by atoms with Gasteiger partial charge in [-0.25, -0.2) is 4.39 Å². The second kappa shape index (κ2) is 6.30. The van der Waals surface area contributed by atoms with Gasteiger partial charge in [0.25, 0.3) is 0 Å². The highest BCUT2D eigenvalue weighted by Gasteiger charge is 2.26. The molecular formula is C15H25FN2. The van der Waals surface area contributed by atoms with Gasteiger partial charge in [-0.05, 0) is 44.1 Å². The van der Waals surface area contributed by atoms with Gasteiger partial charge in [0.2, 0.25) is 0 Å². The monoisotopic (exact) mass is 252 g/mol. The van der Waals surface area contributed by atoms with Crippen LogP contribution in [0, 0.1) is 11.2 Å². The molecule has 3 heteroatoms. The molecule has 1 aromatic carbocycles. The van der Waals surface area contributed by atoms with Crippen LogP contribution in [0.2, 0.25) is 0 Å². The van der Waals surface area contributed by atoms with E-state index < -0.39 is 0 Å². The van der Waals surface area contributed by atoms with Gasteiger partial charge in [0.1, 0.15) is 5.82 Å². The molecule has 18 heavy (non-hydrogen) atoms. The highest BCUT2D eigenvalue weighted by atomic mass is 19.1. The number of nitrogens with one attached hydrogen (secondary N) is 1. The summed E-state index contributed by atoms with van der Waals surface area (Å²) in [7, 11) is 4.10. The molecule has 0 aliphatic heterocycles. The van der Waals surface area contributed by atoms with Crippen LogP contribution in [0.15, 0.2) is 24.3 Å². The molecule has 0 aliphatic carbocycles. The molecule has 0 radical (unpaired) electrons. The number of hydrogen-bond donors (Lipinski definition) is 1. The predicted molar refractivity (Wildman–Crippen MR) is 75.0 cm³/mol. The second-order valence-electron chi connectivity index (χ2n) is 5.80. The third-order valence-corrected chi connectivity index (χ3v) is 3.65. The molecule has 0 heterocycles. The standard InChI is InChI=1S/C15H25FN2/c1-12(17-4)15(2,3)11-18(5)10-13-6-8-14(16)9-7-13/h6-9,12,17H,10-11H2,1-5H3. The van der Waals surface area contributed by atoms with Gasteiger partial charge >= 0.3 is 0 Å². The van der Waals surface area contributed by atoms with Crippen molar-refractivity contribution in [2.24, 2.45) is 5.41 Å². The predicted octanol–water partition coefficient (Wildman–Crippen LogP) is 2.89. The number of rotatable bonds is 6. The summed E-state index contributed by atoms with van der Waals surface area (Å²) in [4.78, 5) is 2.28. The van der Waals surface area contributed by atoms with Gasteiger partial charge < -0.3 is 10.2 Å². The van der Waals surface area contributed by atoms with E-state index >= 15 is 0 Å². The van der Waals surface area contributed by atoms with E-state index in [1.807, 2.05) is 19.2 Å². The lowest BCUT2D eigenvalue weighted by Crippen LogP contribution is -2.44. The van der Waals surface area contributed by atoms with Gasteiger partial charge in [-0.3, -0.25) is 0 Å². The van der Waals surface area contributed by atoms with E-state index in [2.05, 4.69) is 38.0 Å². The minimum absolute atomic E-state index is 0.175. The lowest BCUT2D eigenvalue weighted by atomic mass is 9.85. The average Bonchev–Trinajstić information content (AvgIpc) is 2.30. The summed E-state index contributed by atoms with van der Waals surface area (Å²) in [6.45, 7) is 8.56. The molecule has 0 spiro atoms. The largest absolute Gasteiger partial charge is 0.317 e. The third-order valence-electron chi connectivity index (χ3n) is 3.65. The van der Waals surface area contributed by atoms with Crippen LogP contribution in [0.5, 0.6) is 0 Å². The SMILES string of the molecule is CNC(C)C(C)(C)CN(C)Cc1ccc(F)cc1. The van der Waals surface area contributed by atoms with E-state index in [-0.39, 0.29) is 11.2 Å². The van der Waals surface area contributed by atoms with E-state index in [1.165, 1.54) is 12.1 Å². The smallest absolute Gasteiger partial charge is 0.123 e. The first-order chi connectivity index (χ1) is 8.35. The Kier molecular flexibility index (Phi) is 5.29. The van der Waals surface area contributed by atoms with Crippen LogP contribution >= 0.6 is 0 Å². The summed E-state index contributed by atoms with van der Waals surface area (Å²) in [6, 6.07) is 7.18. The Labute approximate surface area is 110 Å². The van der Waals surface area contributed by atoms with Crippen molar-refractivity contribution in [3.8, 4) is 0 Å². The van der Waals surface area contributed by atoms with Crippen LogP contribution in [0.4, 0.5) is 4.39 Å². The van der Waals surface area contributed by atoms with Gasteiger partial charge in [-0.2, -0.15) is 0 Å². The first-order valence-corrected chi connectivity index (χ1v) is 6.45. The van der Waals surface area contributed by atoms with Crippen LogP contribution in [0.3, 0.4) is 0 Å². The fourth-order valence-corrected chi connectivity index (χ4v) is 2.18. The molecule has 102 valence electrons. The van der Waals surface area contributed by atoms with E-state index in [0.29, 0.717) is 6.04 Å². The molecule has 0 aromatic heterocycles. The van der Waals surface area contributed by atoms with Gasteiger partial charge in [-0.15, -0.1) is 0 Å². The van der Waals surface area contributed by atoms with Gasteiger partial charge in [0, 0.05) is 19.1 Å². The molecule has 0 saturated carbocycles. The summed E-state index contributed by atoms with van der Waals surface area (Å²) in [6.07, 6.45) is 0. The number of halogens is 1. The summed E-state index contributed by atoms with van der Waals surface area (Å²) < 4.78 is 12.8. The van der Waals surface area contributed by atoms with Crippen LogP contribution in [-0.2, 0) is 6.54 Å². The molecule has 0 saturated heterocycles. The topological polar surface area (TPSA) is 15.3 Å². The number of nitrogens with zero attached hydrogens (tertiary/aromatic N) is 1. The van der Waals surface area contributed by atoms with Gasteiger partial charge in [0.15, 0.2) is 0 Å². The van der Waals surface area contributed by atoms with E-state index in [4.69, 9.17) is 0 Å². The zero-order valence-corrected chi connectivity index (χ0v) is 12.1. The van der Waals surface area contributed by atoms with E-state index in [0.717, 1.165) is 18.7 Å². The molecule has 0 aliphatic rings. The molecular weight excluding hydrogens is 227 g/mol. The van der Waals surface area contributed by atoms with Crippen molar-refractivity contribution < 1.29 is 4.39 Å². The van der Waals surface area contributed by atoms with Crippen molar-refractivity contribution >= 4 is 0 Å². The van der Waals surface area contributed by atoms with E-state index in [9.17, 15) is 4.39 Å². The summed E-state index contributed by atoms with van der Waals surface area (Å²) >= 11 is 0. The summed E-state index contributed by atoms with van der Waals surface area (Å²) in [5.41, 5.74) is 1.34. The maximum absolute atomic E-state index is 12.8. The molecule has 1 N–H and O–H groups in total. The lowest BCUT2D eigenvalue weighted by Gasteiger charge is -2.35. The van der Waals surface area contributed by atoms with Crippen LogP contribution in [0.1, 0.15) is 26.3 Å². The van der Waals surface area contributed by atoms with Crippen LogP contribution < -0.4 is 5.32 Å². The fourth-order valence-electron chi connectivity index (χ4n) is 2.18. The molecule has 2 nitrogen and oxygen atoms in total. The highest BCUT2D eigenvalue weighted by molar-refractivity contribution is 5.15. The van der Waals surface area contributed by atoms with Crippen LogP contribution in [-0.4, -0.2) is 31.6 Å². The Balaban J connectivity index is 2.56. The third kappa shape index (κ3) is 4.39. The van der Waals surface area contributed by atoms with Gasteiger partial charge in [0.05, 0.1) is 0 Å². The van der Waals surface area contributed by atoms with E-state index in [1.54, 1.807) is 0 Å². The number of hydrogen-bond acceptors (Lipinski definition) is 2. The van der Waals surface area contributed by atoms with Crippen molar-refractivity contribution in [2.75, 3.05) is 20.6 Å². The summed E-state index contributed by atoms with van der Waals surface area (Å²) in [5, 5.41) is 3.31. The quantitative estimate of drug-likeness (QED) is 0.837. The molecule has 1 aromatic rings. The Hall–Kier alpha value is -0.930. The van der Waals surface area contributed by atoms with Crippen LogP contribution in [0.25, 0.3) is 0 Å².